The van der Waals surface area contributed by atoms with Gasteiger partial charge in [-0.25, -0.2) is 0 Å². The summed E-state index contributed by atoms with van der Waals surface area (Å²) in [5, 5.41) is 3.06. The van der Waals surface area contributed by atoms with Crippen LogP contribution in [-0.2, 0) is 5.41 Å². The van der Waals surface area contributed by atoms with Crippen molar-refractivity contribution in [2.45, 2.75) is 38.0 Å². The van der Waals surface area contributed by atoms with E-state index >= 15 is 0 Å². The van der Waals surface area contributed by atoms with E-state index in [1.165, 1.54) is 28.9 Å². The fourth-order valence-electron chi connectivity index (χ4n) is 2.29. The van der Waals surface area contributed by atoms with Crippen LogP contribution in [0.15, 0.2) is 35.8 Å². The molecule has 0 N–H and O–H groups in total. The largest absolute Gasteiger partial charge is 0.0981 e. The molecule has 1 heterocycles. The Kier molecular flexibility index (Phi) is 3.29. The maximum Gasteiger partial charge on any atom is 0.0415 e. The minimum absolute atomic E-state index is 0.380. The molecule has 1 saturated carbocycles. The van der Waals surface area contributed by atoms with E-state index in [0.29, 0.717) is 5.41 Å². The molecule has 3 rings (SSSR count). The summed E-state index contributed by atoms with van der Waals surface area (Å²) in [6.07, 6.45) is 9.41. The second-order valence-corrected chi connectivity index (χ2v) is 6.81. The summed E-state index contributed by atoms with van der Waals surface area (Å²) in [5.74, 6) is 0. The van der Waals surface area contributed by atoms with Gasteiger partial charge in [-0.05, 0) is 65.8 Å². The first-order valence-corrected chi connectivity index (χ1v) is 7.76. The first kappa shape index (κ1) is 12.4. The number of hydrogen-bond donors (Lipinski definition) is 0. The lowest BCUT2D eigenvalue weighted by molar-refractivity contribution is 0.787. The second kappa shape index (κ2) is 4.79. The van der Waals surface area contributed by atoms with Gasteiger partial charge in [0.1, 0.15) is 0 Å². The van der Waals surface area contributed by atoms with Crippen molar-refractivity contribution in [1.29, 1.82) is 0 Å². The van der Waals surface area contributed by atoms with Crippen molar-refractivity contribution in [3.63, 3.8) is 0 Å². The predicted octanol–water partition coefficient (Wildman–Crippen LogP) is 5.77. The van der Waals surface area contributed by atoms with Crippen LogP contribution >= 0.6 is 23.4 Å². The maximum absolute atomic E-state index is 6.29. The molecule has 0 amide bonds. The van der Waals surface area contributed by atoms with Crippen LogP contribution in [-0.4, -0.2) is 0 Å². The van der Waals surface area contributed by atoms with Crippen molar-refractivity contribution >= 4 is 28.3 Å². The second-order valence-electron chi connectivity index (χ2n) is 5.42. The van der Waals surface area contributed by atoms with Gasteiger partial charge in [0.25, 0.3) is 0 Å². The summed E-state index contributed by atoms with van der Waals surface area (Å²) >= 11 is 8.10. The number of benzene rings is 1. The molecule has 1 aromatic carbocycles. The Morgan fingerprint density at radius 3 is 2.78 bits per heavy atom. The smallest absolute Gasteiger partial charge is 0.0415 e. The monoisotopic (exact) mass is 276 g/mol. The van der Waals surface area contributed by atoms with E-state index in [4.69, 9.17) is 11.6 Å². The van der Waals surface area contributed by atoms with Crippen molar-refractivity contribution in [2.24, 2.45) is 0 Å². The van der Waals surface area contributed by atoms with Crippen molar-refractivity contribution in [2.75, 3.05) is 0 Å². The van der Waals surface area contributed by atoms with E-state index in [2.05, 4.69) is 42.7 Å². The molecule has 1 aromatic rings. The van der Waals surface area contributed by atoms with Crippen molar-refractivity contribution < 1.29 is 0 Å². The number of hydrogen-bond acceptors (Lipinski definition) is 1. The van der Waals surface area contributed by atoms with E-state index in [1.54, 1.807) is 0 Å². The van der Waals surface area contributed by atoms with Gasteiger partial charge in [-0.2, -0.15) is 0 Å². The number of halogens is 1. The molecular weight excluding hydrogens is 260 g/mol. The minimum atomic E-state index is 0.380. The first-order valence-electron chi connectivity index (χ1n) is 6.51. The van der Waals surface area contributed by atoms with Crippen LogP contribution < -0.4 is 0 Å². The topological polar surface area (TPSA) is 0 Å². The normalized spacial score (nSPS) is 21.3. The molecule has 0 nitrogen and oxygen atoms in total. The Balaban J connectivity index is 1.98. The van der Waals surface area contributed by atoms with Gasteiger partial charge >= 0.3 is 0 Å². The Morgan fingerprint density at radius 2 is 2.00 bits per heavy atom. The van der Waals surface area contributed by atoms with E-state index < -0.39 is 0 Å². The fourth-order valence-corrected chi connectivity index (χ4v) is 3.37. The molecule has 1 aliphatic heterocycles. The van der Waals surface area contributed by atoms with Gasteiger partial charge in [-0.15, -0.1) is 0 Å². The summed E-state index contributed by atoms with van der Waals surface area (Å²) in [4.78, 5) is 1.34. The van der Waals surface area contributed by atoms with Gasteiger partial charge in [0.2, 0.25) is 0 Å². The van der Waals surface area contributed by atoms with Gasteiger partial charge in [0.15, 0.2) is 0 Å². The predicted molar refractivity (Wildman–Crippen MR) is 82.0 cm³/mol. The van der Waals surface area contributed by atoms with Crippen LogP contribution in [0.1, 0.15) is 43.7 Å². The van der Waals surface area contributed by atoms with E-state index in [-0.39, 0.29) is 0 Å². The quantitative estimate of drug-likeness (QED) is 0.660. The molecular formula is C16H17ClS. The van der Waals surface area contributed by atoms with E-state index in [0.717, 1.165) is 17.9 Å². The third-order valence-electron chi connectivity index (χ3n) is 3.83. The van der Waals surface area contributed by atoms with E-state index in [9.17, 15) is 0 Å². The number of allylic oxidation sites excluding steroid dienone is 2. The summed E-state index contributed by atoms with van der Waals surface area (Å²) in [7, 11) is 0. The summed E-state index contributed by atoms with van der Waals surface area (Å²) in [6.45, 7) is 2.33. The first-order chi connectivity index (χ1) is 8.67. The Hall–Kier alpha value is -0.660. The SMILES string of the molecule is CC1(c2cc(Cl)cc(C3=CCCC=CS3)c2)CC1. The lowest BCUT2D eigenvalue weighted by Crippen LogP contribution is -2.00. The third kappa shape index (κ3) is 2.53. The zero-order chi connectivity index (χ0) is 12.6. The van der Waals surface area contributed by atoms with Crippen LogP contribution in [0.2, 0.25) is 5.02 Å². The minimum Gasteiger partial charge on any atom is -0.0981 e. The molecule has 0 bridgehead atoms. The molecule has 1 aliphatic carbocycles. The van der Waals surface area contributed by atoms with Gasteiger partial charge < -0.3 is 0 Å². The van der Waals surface area contributed by atoms with Crippen LogP contribution in [0.4, 0.5) is 0 Å². The van der Waals surface area contributed by atoms with Crippen molar-refractivity contribution in [3.8, 4) is 0 Å². The molecule has 2 aliphatic rings. The molecule has 18 heavy (non-hydrogen) atoms. The van der Waals surface area contributed by atoms with Crippen LogP contribution in [0.3, 0.4) is 0 Å². The molecule has 2 heteroatoms. The Bertz CT molecular complexity index is 524. The molecule has 1 fully saturated rings. The van der Waals surface area contributed by atoms with Crippen molar-refractivity contribution in [1.82, 2.24) is 0 Å². The molecule has 0 saturated heterocycles. The molecule has 0 radical (unpaired) electrons. The third-order valence-corrected chi connectivity index (χ3v) is 5.04. The van der Waals surface area contributed by atoms with Crippen LogP contribution in [0, 0.1) is 0 Å². The van der Waals surface area contributed by atoms with E-state index in [1.807, 2.05) is 11.8 Å². The highest BCUT2D eigenvalue weighted by Crippen LogP contribution is 2.49. The standard InChI is InChI=1S/C16H17ClS/c1-16(6-7-16)13-9-12(10-14(17)11-13)15-5-3-2-4-8-18-15/h4-5,8-11H,2-3,6-7H2,1H3. The molecule has 94 valence electrons. The van der Waals surface area contributed by atoms with Crippen molar-refractivity contribution in [3.05, 3.63) is 51.9 Å². The zero-order valence-electron chi connectivity index (χ0n) is 10.6. The highest BCUT2D eigenvalue weighted by Gasteiger charge is 2.39. The van der Waals surface area contributed by atoms with Gasteiger partial charge in [-0.1, -0.05) is 42.4 Å². The van der Waals surface area contributed by atoms with Gasteiger partial charge in [0, 0.05) is 9.93 Å². The highest BCUT2D eigenvalue weighted by atomic mass is 35.5. The van der Waals surface area contributed by atoms with Crippen LogP contribution in [0.5, 0.6) is 0 Å². The summed E-state index contributed by atoms with van der Waals surface area (Å²) < 4.78 is 0. The Labute approximate surface area is 118 Å². The number of rotatable bonds is 2. The molecule has 0 atom stereocenters. The molecule has 0 aromatic heterocycles. The van der Waals surface area contributed by atoms with Gasteiger partial charge in [-0.3, -0.25) is 0 Å². The number of thioether (sulfide) groups is 1. The lowest BCUT2D eigenvalue weighted by atomic mass is 9.96. The average molecular weight is 277 g/mol. The average Bonchev–Trinajstić information content (AvgIpc) is 3.12. The summed E-state index contributed by atoms with van der Waals surface area (Å²) in [5.41, 5.74) is 3.06. The van der Waals surface area contributed by atoms with Gasteiger partial charge in [0.05, 0.1) is 0 Å². The molecule has 0 spiro atoms. The van der Waals surface area contributed by atoms with Crippen LogP contribution in [0.25, 0.3) is 4.91 Å². The Morgan fingerprint density at radius 1 is 1.17 bits per heavy atom. The lowest BCUT2D eigenvalue weighted by Gasteiger charge is -2.13. The highest BCUT2D eigenvalue weighted by molar-refractivity contribution is 8.10. The fraction of sp³-hybridized carbons (Fsp3) is 0.375. The summed E-state index contributed by atoms with van der Waals surface area (Å²) in [6, 6.07) is 6.56. The molecule has 0 unspecified atom stereocenters. The zero-order valence-corrected chi connectivity index (χ0v) is 12.2. The maximum atomic E-state index is 6.29.